The molecular weight excluding hydrogens is 380 g/mol. The molecule has 0 aliphatic carbocycles. The molecule has 0 radical (unpaired) electrons. The highest BCUT2D eigenvalue weighted by Crippen LogP contribution is 2.23. The maximum Gasteiger partial charge on any atom is 0.258 e. The number of H-pyrrole nitrogens is 1. The summed E-state index contributed by atoms with van der Waals surface area (Å²) in [4.78, 5) is 28.7. The van der Waals surface area contributed by atoms with Crippen molar-refractivity contribution in [1.82, 2.24) is 19.9 Å². The first-order valence-electron chi connectivity index (χ1n) is 8.31. The molecule has 4 rings (SSSR count). The second-order valence-corrected chi connectivity index (χ2v) is 7.38. The lowest BCUT2D eigenvalue weighted by atomic mass is 10.1. The molecule has 0 fully saturated rings. The van der Waals surface area contributed by atoms with Crippen LogP contribution >= 0.6 is 23.4 Å². The molecule has 2 heterocycles. The van der Waals surface area contributed by atoms with Crippen molar-refractivity contribution in [2.45, 2.75) is 17.8 Å². The summed E-state index contributed by atoms with van der Waals surface area (Å²) >= 11 is 7.39. The van der Waals surface area contributed by atoms with Gasteiger partial charge in [0, 0.05) is 16.3 Å². The normalized spacial score (nSPS) is 11.0. The van der Waals surface area contributed by atoms with E-state index in [9.17, 15) is 4.79 Å². The lowest BCUT2D eigenvalue weighted by molar-refractivity contribution is 0.932. The summed E-state index contributed by atoms with van der Waals surface area (Å²) in [7, 11) is 0. The Balaban J connectivity index is 1.60. The molecule has 134 valence electrons. The standard InChI is InChI=1S/C20H15ClN4OS/c1-12-9-17(13-5-3-2-4-6-13)24-20(22-12)27-11-18-23-16-8-7-14(21)10-15(16)19(26)25-18/h2-10H,11H2,1H3,(H,23,25,26). The molecule has 0 atom stereocenters. The molecule has 0 spiro atoms. The van der Waals surface area contributed by atoms with Gasteiger partial charge in [-0.3, -0.25) is 4.79 Å². The second-order valence-electron chi connectivity index (χ2n) is 6.01. The van der Waals surface area contributed by atoms with Crippen molar-refractivity contribution in [3.63, 3.8) is 0 Å². The number of nitrogens with one attached hydrogen (secondary N) is 1. The van der Waals surface area contributed by atoms with Gasteiger partial charge in [0.25, 0.3) is 5.56 Å². The second kappa shape index (κ2) is 7.50. The minimum absolute atomic E-state index is 0.201. The maximum atomic E-state index is 12.3. The zero-order valence-corrected chi connectivity index (χ0v) is 16.0. The molecule has 7 heteroatoms. The molecule has 0 saturated carbocycles. The average molecular weight is 395 g/mol. The number of aryl methyl sites for hydroxylation is 1. The number of aromatic nitrogens is 4. The van der Waals surface area contributed by atoms with Crippen LogP contribution in [-0.2, 0) is 5.75 Å². The number of rotatable bonds is 4. The summed E-state index contributed by atoms with van der Waals surface area (Å²) in [6.45, 7) is 1.94. The number of nitrogens with zero attached hydrogens (tertiary/aromatic N) is 3. The van der Waals surface area contributed by atoms with Crippen molar-refractivity contribution in [2.75, 3.05) is 0 Å². The molecule has 2 aromatic carbocycles. The molecule has 0 unspecified atom stereocenters. The highest BCUT2D eigenvalue weighted by Gasteiger charge is 2.09. The topological polar surface area (TPSA) is 71.5 Å². The largest absolute Gasteiger partial charge is 0.309 e. The Hall–Kier alpha value is -2.70. The van der Waals surface area contributed by atoms with E-state index in [0.29, 0.717) is 32.7 Å². The van der Waals surface area contributed by atoms with Gasteiger partial charge in [0.15, 0.2) is 5.16 Å². The average Bonchev–Trinajstić information content (AvgIpc) is 2.67. The summed E-state index contributed by atoms with van der Waals surface area (Å²) in [5.74, 6) is 1.04. The van der Waals surface area contributed by atoms with E-state index in [0.717, 1.165) is 17.0 Å². The van der Waals surface area contributed by atoms with Crippen LogP contribution in [0, 0.1) is 6.92 Å². The summed E-state index contributed by atoms with van der Waals surface area (Å²) < 4.78 is 0. The van der Waals surface area contributed by atoms with E-state index in [1.807, 2.05) is 43.3 Å². The van der Waals surface area contributed by atoms with E-state index in [-0.39, 0.29) is 5.56 Å². The third-order valence-electron chi connectivity index (χ3n) is 3.96. The zero-order chi connectivity index (χ0) is 18.8. The molecule has 5 nitrogen and oxygen atoms in total. The molecule has 4 aromatic rings. The molecule has 2 aromatic heterocycles. The minimum Gasteiger partial charge on any atom is -0.309 e. The van der Waals surface area contributed by atoms with Crippen LogP contribution < -0.4 is 5.56 Å². The van der Waals surface area contributed by atoms with Crippen LogP contribution in [0.4, 0.5) is 0 Å². The van der Waals surface area contributed by atoms with Crippen molar-refractivity contribution in [3.8, 4) is 11.3 Å². The number of halogens is 1. The van der Waals surface area contributed by atoms with Gasteiger partial charge in [-0.1, -0.05) is 53.7 Å². The Kier molecular flexibility index (Phi) is 4.92. The monoisotopic (exact) mass is 394 g/mol. The molecule has 0 bridgehead atoms. The first kappa shape index (κ1) is 17.7. The number of aromatic amines is 1. The Bertz CT molecular complexity index is 1180. The van der Waals surface area contributed by atoms with Gasteiger partial charge < -0.3 is 4.98 Å². The van der Waals surface area contributed by atoms with E-state index in [1.54, 1.807) is 18.2 Å². The van der Waals surface area contributed by atoms with Crippen molar-refractivity contribution in [2.24, 2.45) is 0 Å². The molecule has 0 saturated heterocycles. The predicted octanol–water partition coefficient (Wildman–Crippen LogP) is 4.63. The van der Waals surface area contributed by atoms with Crippen LogP contribution in [0.3, 0.4) is 0 Å². The van der Waals surface area contributed by atoms with Gasteiger partial charge in [-0.05, 0) is 31.2 Å². The SMILES string of the molecule is Cc1cc(-c2ccccc2)nc(SCc2nc3ccc(Cl)cc3c(=O)[nH]2)n1. The molecular formula is C20H15ClN4OS. The van der Waals surface area contributed by atoms with E-state index >= 15 is 0 Å². The van der Waals surface area contributed by atoms with E-state index in [1.165, 1.54) is 11.8 Å². The molecule has 1 N–H and O–H groups in total. The fourth-order valence-corrected chi connectivity index (χ4v) is 3.67. The van der Waals surface area contributed by atoms with Crippen molar-refractivity contribution < 1.29 is 0 Å². The summed E-state index contributed by atoms with van der Waals surface area (Å²) in [6.07, 6.45) is 0. The highest BCUT2D eigenvalue weighted by atomic mass is 35.5. The van der Waals surface area contributed by atoms with Crippen LogP contribution in [0.5, 0.6) is 0 Å². The predicted molar refractivity (Wildman–Crippen MR) is 109 cm³/mol. The van der Waals surface area contributed by atoms with Gasteiger partial charge in [0.05, 0.1) is 22.3 Å². The Morgan fingerprint density at radius 3 is 2.67 bits per heavy atom. The van der Waals surface area contributed by atoms with Crippen LogP contribution in [0.25, 0.3) is 22.2 Å². The van der Waals surface area contributed by atoms with Gasteiger partial charge in [-0.2, -0.15) is 0 Å². The fourth-order valence-electron chi connectivity index (χ4n) is 2.72. The smallest absolute Gasteiger partial charge is 0.258 e. The van der Waals surface area contributed by atoms with Crippen LogP contribution in [0.15, 0.2) is 64.5 Å². The van der Waals surface area contributed by atoms with E-state index in [4.69, 9.17) is 11.6 Å². The van der Waals surface area contributed by atoms with E-state index in [2.05, 4.69) is 19.9 Å². The Labute approximate surface area is 164 Å². The van der Waals surface area contributed by atoms with Gasteiger partial charge in [-0.25, -0.2) is 15.0 Å². The van der Waals surface area contributed by atoms with Gasteiger partial charge in [0.2, 0.25) is 0 Å². The Morgan fingerprint density at radius 2 is 1.85 bits per heavy atom. The number of fused-ring (bicyclic) bond motifs is 1. The minimum atomic E-state index is -0.201. The zero-order valence-electron chi connectivity index (χ0n) is 14.4. The third kappa shape index (κ3) is 4.02. The third-order valence-corrected chi connectivity index (χ3v) is 5.05. The first-order valence-corrected chi connectivity index (χ1v) is 9.67. The first-order chi connectivity index (χ1) is 13.1. The number of hydrogen-bond acceptors (Lipinski definition) is 5. The molecule has 0 amide bonds. The quantitative estimate of drug-likeness (QED) is 0.403. The van der Waals surface area contributed by atoms with Crippen LogP contribution in [0.2, 0.25) is 5.02 Å². The van der Waals surface area contributed by atoms with Crippen molar-refractivity contribution >= 4 is 34.3 Å². The maximum absolute atomic E-state index is 12.3. The molecule has 0 aliphatic heterocycles. The number of thioether (sulfide) groups is 1. The molecule has 27 heavy (non-hydrogen) atoms. The van der Waals surface area contributed by atoms with Crippen molar-refractivity contribution in [1.29, 1.82) is 0 Å². The Morgan fingerprint density at radius 1 is 1.04 bits per heavy atom. The van der Waals surface area contributed by atoms with Gasteiger partial charge in [0.1, 0.15) is 5.82 Å². The summed E-state index contributed by atoms with van der Waals surface area (Å²) in [5.41, 5.74) is 3.22. The summed E-state index contributed by atoms with van der Waals surface area (Å²) in [5, 5.41) is 1.64. The highest BCUT2D eigenvalue weighted by molar-refractivity contribution is 7.98. The van der Waals surface area contributed by atoms with Crippen molar-refractivity contribution in [3.05, 3.63) is 81.5 Å². The number of benzene rings is 2. The van der Waals surface area contributed by atoms with Crippen LogP contribution in [0.1, 0.15) is 11.5 Å². The number of hydrogen-bond donors (Lipinski definition) is 1. The van der Waals surface area contributed by atoms with E-state index < -0.39 is 0 Å². The van der Waals surface area contributed by atoms with Gasteiger partial charge in [-0.15, -0.1) is 0 Å². The lowest BCUT2D eigenvalue weighted by Gasteiger charge is -2.06. The molecule has 0 aliphatic rings. The van der Waals surface area contributed by atoms with Crippen LogP contribution in [-0.4, -0.2) is 19.9 Å². The summed E-state index contributed by atoms with van der Waals surface area (Å²) in [6, 6.07) is 17.0. The lowest BCUT2D eigenvalue weighted by Crippen LogP contribution is -2.11. The van der Waals surface area contributed by atoms with Gasteiger partial charge >= 0.3 is 0 Å². The fraction of sp³-hybridized carbons (Fsp3) is 0.100.